The van der Waals surface area contributed by atoms with Gasteiger partial charge in [-0.1, -0.05) is 12.1 Å². The lowest BCUT2D eigenvalue weighted by Gasteiger charge is -2.18. The molecule has 0 spiro atoms. The van der Waals surface area contributed by atoms with E-state index in [1.807, 2.05) is 24.3 Å². The van der Waals surface area contributed by atoms with Gasteiger partial charge in [-0.3, -0.25) is 9.59 Å². The first-order chi connectivity index (χ1) is 9.10. The Hall–Kier alpha value is -2.04. The Kier molecular flexibility index (Phi) is 4.04. The van der Waals surface area contributed by atoms with Gasteiger partial charge in [-0.05, 0) is 36.5 Å². The molecule has 1 aliphatic rings. The summed E-state index contributed by atoms with van der Waals surface area (Å²) in [6, 6.07) is 7.39. The van der Waals surface area contributed by atoms with Crippen LogP contribution in [-0.4, -0.2) is 24.1 Å². The molecule has 0 saturated heterocycles. The van der Waals surface area contributed by atoms with Crippen molar-refractivity contribution in [1.82, 2.24) is 5.32 Å². The van der Waals surface area contributed by atoms with E-state index >= 15 is 0 Å². The molecule has 102 valence electrons. The fourth-order valence-electron chi connectivity index (χ4n) is 2.08. The second-order valence-corrected chi connectivity index (χ2v) is 4.73. The molecular formula is C14H17NO4. The number of methoxy groups -OCH3 is 1. The predicted octanol–water partition coefficient (Wildman–Crippen LogP) is 1.74. The lowest BCUT2D eigenvalue weighted by Crippen LogP contribution is -2.31. The van der Waals surface area contributed by atoms with Gasteiger partial charge in [0.25, 0.3) is 0 Å². The number of hydrogen-bond donors (Lipinski definition) is 2. The average molecular weight is 263 g/mol. The maximum atomic E-state index is 11.6. The van der Waals surface area contributed by atoms with Gasteiger partial charge in [0.05, 0.1) is 13.2 Å². The quantitative estimate of drug-likeness (QED) is 0.766. The minimum absolute atomic E-state index is 0.0993. The fraction of sp³-hybridized carbons (Fsp3) is 0.429. The average Bonchev–Trinajstić information content (AvgIpc) is 3.19. The predicted molar refractivity (Wildman–Crippen MR) is 68.9 cm³/mol. The molecule has 1 aromatic rings. The minimum atomic E-state index is -1.11. The molecule has 0 heterocycles. The van der Waals surface area contributed by atoms with Gasteiger partial charge in [0.15, 0.2) is 0 Å². The third kappa shape index (κ3) is 3.71. The Balaban J connectivity index is 2.06. The number of aliphatic carboxylic acids is 1. The first kappa shape index (κ1) is 13.4. The minimum Gasteiger partial charge on any atom is -0.497 e. The van der Waals surface area contributed by atoms with Crippen molar-refractivity contribution in [3.63, 3.8) is 0 Å². The zero-order valence-corrected chi connectivity index (χ0v) is 10.8. The van der Waals surface area contributed by atoms with Crippen LogP contribution in [0.3, 0.4) is 0 Å². The Bertz CT molecular complexity index is 465. The highest BCUT2D eigenvalue weighted by atomic mass is 16.5. The zero-order chi connectivity index (χ0) is 13.8. The number of hydrogen-bond acceptors (Lipinski definition) is 3. The van der Waals surface area contributed by atoms with E-state index < -0.39 is 18.3 Å². The molecule has 2 rings (SSSR count). The smallest absolute Gasteiger partial charge is 0.312 e. The van der Waals surface area contributed by atoms with Crippen LogP contribution in [0.5, 0.6) is 5.75 Å². The Morgan fingerprint density at radius 1 is 1.37 bits per heavy atom. The molecule has 1 aromatic carbocycles. The Morgan fingerprint density at radius 2 is 2.00 bits per heavy atom. The molecule has 1 unspecified atom stereocenters. The van der Waals surface area contributed by atoms with Crippen LogP contribution in [0.2, 0.25) is 0 Å². The summed E-state index contributed by atoms with van der Waals surface area (Å²) < 4.78 is 5.09. The first-order valence-corrected chi connectivity index (χ1v) is 6.25. The summed E-state index contributed by atoms with van der Waals surface area (Å²) in [7, 11) is 1.60. The van der Waals surface area contributed by atoms with Crippen molar-refractivity contribution in [3.8, 4) is 5.75 Å². The number of benzene rings is 1. The van der Waals surface area contributed by atoms with Gasteiger partial charge < -0.3 is 15.2 Å². The molecule has 1 fully saturated rings. The van der Waals surface area contributed by atoms with Crippen LogP contribution in [-0.2, 0) is 9.59 Å². The van der Waals surface area contributed by atoms with Crippen LogP contribution in [0.1, 0.15) is 30.9 Å². The number of rotatable bonds is 6. The van der Waals surface area contributed by atoms with Gasteiger partial charge >= 0.3 is 5.97 Å². The van der Waals surface area contributed by atoms with Crippen LogP contribution in [0.25, 0.3) is 0 Å². The van der Waals surface area contributed by atoms with Crippen LogP contribution in [0, 0.1) is 5.92 Å². The zero-order valence-electron chi connectivity index (χ0n) is 10.8. The third-order valence-electron chi connectivity index (χ3n) is 3.20. The number of carboxylic acids is 1. The number of amides is 1. The van der Waals surface area contributed by atoms with E-state index in [1.54, 1.807) is 7.11 Å². The molecule has 0 aromatic heterocycles. The van der Waals surface area contributed by atoms with Crippen LogP contribution >= 0.6 is 0 Å². The van der Waals surface area contributed by atoms with Gasteiger partial charge in [-0.15, -0.1) is 0 Å². The monoisotopic (exact) mass is 263 g/mol. The maximum Gasteiger partial charge on any atom is 0.312 e. The summed E-state index contributed by atoms with van der Waals surface area (Å²) in [5.74, 6) is -0.386. The SMILES string of the molecule is COc1ccc(C(NC(=O)CC(=O)O)C2CC2)cc1. The number of carbonyl (C=O) groups excluding carboxylic acids is 1. The van der Waals surface area contributed by atoms with Crippen LogP contribution < -0.4 is 10.1 Å². The highest BCUT2D eigenvalue weighted by Gasteiger charge is 2.33. The van der Waals surface area contributed by atoms with Crippen molar-refractivity contribution in [3.05, 3.63) is 29.8 Å². The van der Waals surface area contributed by atoms with E-state index in [-0.39, 0.29) is 6.04 Å². The maximum absolute atomic E-state index is 11.6. The summed E-state index contributed by atoms with van der Waals surface area (Å²) in [6.07, 6.45) is 1.63. The molecule has 5 nitrogen and oxygen atoms in total. The van der Waals surface area contributed by atoms with E-state index in [9.17, 15) is 9.59 Å². The first-order valence-electron chi connectivity index (χ1n) is 6.25. The highest BCUT2D eigenvalue weighted by molar-refractivity contribution is 5.93. The van der Waals surface area contributed by atoms with Crippen LogP contribution in [0.4, 0.5) is 0 Å². The van der Waals surface area contributed by atoms with E-state index in [2.05, 4.69) is 5.32 Å². The van der Waals surface area contributed by atoms with Gasteiger partial charge in [0.1, 0.15) is 12.2 Å². The number of carbonyl (C=O) groups is 2. The second-order valence-electron chi connectivity index (χ2n) is 4.73. The van der Waals surface area contributed by atoms with Gasteiger partial charge in [-0.2, -0.15) is 0 Å². The van der Waals surface area contributed by atoms with Crippen molar-refractivity contribution in [2.24, 2.45) is 5.92 Å². The summed E-state index contributed by atoms with van der Waals surface area (Å²) in [5.41, 5.74) is 0.988. The summed E-state index contributed by atoms with van der Waals surface area (Å²) in [4.78, 5) is 22.1. The largest absolute Gasteiger partial charge is 0.497 e. The summed E-state index contributed by atoms with van der Waals surface area (Å²) >= 11 is 0. The normalized spacial score (nSPS) is 15.6. The molecule has 0 aliphatic heterocycles. The Morgan fingerprint density at radius 3 is 2.47 bits per heavy atom. The third-order valence-corrected chi connectivity index (χ3v) is 3.20. The van der Waals surface area contributed by atoms with Crippen molar-refractivity contribution in [2.45, 2.75) is 25.3 Å². The highest BCUT2D eigenvalue weighted by Crippen LogP contribution is 2.41. The second kappa shape index (κ2) is 5.73. The molecular weight excluding hydrogens is 246 g/mol. The molecule has 0 bridgehead atoms. The molecule has 1 atom stereocenters. The van der Waals surface area contributed by atoms with Gasteiger partial charge in [0, 0.05) is 0 Å². The van der Waals surface area contributed by atoms with Crippen molar-refractivity contribution in [1.29, 1.82) is 0 Å². The summed E-state index contributed by atoms with van der Waals surface area (Å²) in [6.45, 7) is 0. The van der Waals surface area contributed by atoms with Crippen molar-refractivity contribution >= 4 is 11.9 Å². The molecule has 1 saturated carbocycles. The van der Waals surface area contributed by atoms with E-state index in [0.29, 0.717) is 5.92 Å². The number of nitrogens with one attached hydrogen (secondary N) is 1. The molecule has 19 heavy (non-hydrogen) atoms. The molecule has 1 amide bonds. The molecule has 2 N–H and O–H groups in total. The van der Waals surface area contributed by atoms with Crippen LogP contribution in [0.15, 0.2) is 24.3 Å². The number of ether oxygens (including phenoxy) is 1. The standard InChI is InChI=1S/C14H17NO4/c1-19-11-6-4-10(5-7-11)14(9-2-3-9)15-12(16)8-13(17)18/h4-7,9,14H,2-3,8H2,1H3,(H,15,16)(H,17,18). The lowest BCUT2D eigenvalue weighted by molar-refractivity contribution is -0.140. The lowest BCUT2D eigenvalue weighted by atomic mass is 10.0. The topological polar surface area (TPSA) is 75.6 Å². The van der Waals surface area contributed by atoms with Crippen molar-refractivity contribution < 1.29 is 19.4 Å². The molecule has 5 heteroatoms. The van der Waals surface area contributed by atoms with E-state index in [0.717, 1.165) is 24.2 Å². The van der Waals surface area contributed by atoms with E-state index in [4.69, 9.17) is 9.84 Å². The van der Waals surface area contributed by atoms with Gasteiger partial charge in [0.2, 0.25) is 5.91 Å². The fourth-order valence-corrected chi connectivity index (χ4v) is 2.08. The molecule has 1 aliphatic carbocycles. The summed E-state index contributed by atoms with van der Waals surface area (Å²) in [5, 5.41) is 11.4. The van der Waals surface area contributed by atoms with Crippen molar-refractivity contribution in [2.75, 3.05) is 7.11 Å². The Labute approximate surface area is 111 Å². The van der Waals surface area contributed by atoms with E-state index in [1.165, 1.54) is 0 Å². The number of carboxylic acid groups (broad SMARTS) is 1. The van der Waals surface area contributed by atoms with Gasteiger partial charge in [-0.25, -0.2) is 0 Å². The molecule has 0 radical (unpaired) electrons.